The molecule has 2 rings (SSSR count). The molecule has 0 unspecified atom stereocenters. The predicted octanol–water partition coefficient (Wildman–Crippen LogP) is 4.16. The number of halogens is 3. The van der Waals surface area contributed by atoms with Crippen LogP contribution in [-0.4, -0.2) is 24.1 Å². The van der Waals surface area contributed by atoms with Gasteiger partial charge in [-0.1, -0.05) is 24.3 Å². The summed E-state index contributed by atoms with van der Waals surface area (Å²) in [7, 11) is 0. The molecule has 0 fully saturated rings. The molecule has 7 heteroatoms. The number of nitrogens with one attached hydrogen (secondary N) is 1. The number of amides is 2. The zero-order valence-electron chi connectivity index (χ0n) is 13.7. The number of alkyl halides is 2. The summed E-state index contributed by atoms with van der Waals surface area (Å²) in [6, 6.07) is 11.8. The van der Waals surface area contributed by atoms with E-state index in [0.717, 1.165) is 0 Å². The van der Waals surface area contributed by atoms with Gasteiger partial charge in [-0.3, -0.25) is 0 Å². The lowest BCUT2D eigenvalue weighted by atomic mass is 10.2. The highest BCUT2D eigenvalue weighted by atomic mass is 19.3. The molecule has 0 aliphatic carbocycles. The largest absolute Gasteiger partial charge is 0.435 e. The fourth-order valence-electron chi connectivity index (χ4n) is 2.30. The second-order valence-corrected chi connectivity index (χ2v) is 5.33. The van der Waals surface area contributed by atoms with Crippen LogP contribution in [0.15, 0.2) is 48.5 Å². The summed E-state index contributed by atoms with van der Waals surface area (Å²) in [5, 5.41) is 2.72. The third-order valence-corrected chi connectivity index (χ3v) is 3.50. The molecule has 2 aromatic rings. The minimum atomic E-state index is -2.90. The summed E-state index contributed by atoms with van der Waals surface area (Å²) in [6.45, 7) is -0.202. The van der Waals surface area contributed by atoms with Crippen molar-refractivity contribution in [3.63, 3.8) is 0 Å². The number of benzene rings is 2. The molecule has 0 radical (unpaired) electrons. The van der Waals surface area contributed by atoms with Crippen LogP contribution in [0.1, 0.15) is 18.1 Å². The number of rotatable bonds is 7. The van der Waals surface area contributed by atoms with Gasteiger partial charge in [0.05, 0.1) is 0 Å². The number of ether oxygens (including phenoxy) is 1. The fraction of sp³-hybridized carbons (Fsp3) is 0.278. The first-order valence-electron chi connectivity index (χ1n) is 7.79. The smallest absolute Gasteiger partial charge is 0.387 e. The third kappa shape index (κ3) is 6.02. The van der Waals surface area contributed by atoms with E-state index in [1.165, 1.54) is 29.2 Å². The Kier molecular flexibility index (Phi) is 6.68. The number of carbonyl (C=O) groups excluding carboxylic acids is 1. The molecule has 2 amide bonds. The van der Waals surface area contributed by atoms with Crippen LogP contribution in [0.4, 0.5) is 18.0 Å². The van der Waals surface area contributed by atoms with E-state index in [-0.39, 0.29) is 30.7 Å². The Morgan fingerprint density at radius 1 is 1.16 bits per heavy atom. The van der Waals surface area contributed by atoms with E-state index >= 15 is 0 Å². The van der Waals surface area contributed by atoms with Crippen molar-refractivity contribution in [3.05, 3.63) is 65.5 Å². The highest BCUT2D eigenvalue weighted by molar-refractivity contribution is 5.74. The van der Waals surface area contributed by atoms with Crippen molar-refractivity contribution in [3.8, 4) is 5.75 Å². The Morgan fingerprint density at radius 3 is 2.56 bits per heavy atom. The molecule has 0 atom stereocenters. The van der Waals surface area contributed by atoms with Gasteiger partial charge in [0, 0.05) is 19.6 Å². The van der Waals surface area contributed by atoms with E-state index < -0.39 is 6.61 Å². The number of nitrogens with zero attached hydrogens (tertiary/aromatic N) is 1. The van der Waals surface area contributed by atoms with Crippen LogP contribution in [0.3, 0.4) is 0 Å². The van der Waals surface area contributed by atoms with Crippen molar-refractivity contribution in [2.24, 2.45) is 0 Å². The molecule has 0 heterocycles. The van der Waals surface area contributed by atoms with Gasteiger partial charge in [-0.2, -0.15) is 8.78 Å². The highest BCUT2D eigenvalue weighted by Crippen LogP contribution is 2.16. The Labute approximate surface area is 144 Å². The molecule has 0 spiro atoms. The summed E-state index contributed by atoms with van der Waals surface area (Å²) in [6.07, 6.45) is 0. The Hall–Kier alpha value is -2.70. The van der Waals surface area contributed by atoms with Gasteiger partial charge in [-0.05, 0) is 42.3 Å². The van der Waals surface area contributed by atoms with Gasteiger partial charge < -0.3 is 15.0 Å². The van der Waals surface area contributed by atoms with Gasteiger partial charge in [0.15, 0.2) is 0 Å². The molecular formula is C18H19F3N2O2. The first-order chi connectivity index (χ1) is 12.0. The molecule has 0 aliphatic heterocycles. The standard InChI is InChI=1S/C18H19F3N2O2/c1-2-23(12-14-6-3-7-15(19)9-14)18(24)22-11-13-5-4-8-16(10-13)25-17(20)21/h3-10,17H,2,11-12H2,1H3,(H,22,24). The van der Waals surface area contributed by atoms with Crippen molar-refractivity contribution in [1.29, 1.82) is 0 Å². The summed E-state index contributed by atoms with van der Waals surface area (Å²) < 4.78 is 42.0. The lowest BCUT2D eigenvalue weighted by Gasteiger charge is -2.21. The van der Waals surface area contributed by atoms with Crippen LogP contribution in [0.2, 0.25) is 0 Å². The molecule has 1 N–H and O–H groups in total. The summed E-state index contributed by atoms with van der Waals surface area (Å²) in [5.74, 6) is -0.321. The van der Waals surface area contributed by atoms with Gasteiger partial charge in [-0.15, -0.1) is 0 Å². The van der Waals surface area contributed by atoms with Crippen molar-refractivity contribution in [2.45, 2.75) is 26.6 Å². The molecule has 134 valence electrons. The topological polar surface area (TPSA) is 41.6 Å². The Balaban J connectivity index is 1.93. The molecule has 2 aromatic carbocycles. The van der Waals surface area contributed by atoms with E-state index in [9.17, 15) is 18.0 Å². The summed E-state index contributed by atoms with van der Waals surface area (Å²) in [4.78, 5) is 13.8. The zero-order chi connectivity index (χ0) is 18.2. The molecule has 0 saturated heterocycles. The number of hydrogen-bond acceptors (Lipinski definition) is 2. The average Bonchev–Trinajstić information content (AvgIpc) is 2.57. The van der Waals surface area contributed by atoms with E-state index in [1.807, 2.05) is 6.92 Å². The van der Waals surface area contributed by atoms with Crippen LogP contribution in [-0.2, 0) is 13.1 Å². The first-order valence-corrected chi connectivity index (χ1v) is 7.79. The van der Waals surface area contributed by atoms with E-state index in [2.05, 4.69) is 10.1 Å². The quantitative estimate of drug-likeness (QED) is 0.813. The molecule has 4 nitrogen and oxygen atoms in total. The average molecular weight is 352 g/mol. The normalized spacial score (nSPS) is 10.6. The van der Waals surface area contributed by atoms with Crippen molar-refractivity contribution < 1.29 is 22.7 Å². The molecule has 0 saturated carbocycles. The molecule has 0 bridgehead atoms. The number of hydrogen-bond donors (Lipinski definition) is 1. The molecule has 0 aromatic heterocycles. The van der Waals surface area contributed by atoms with Crippen molar-refractivity contribution in [2.75, 3.05) is 6.54 Å². The molecule has 25 heavy (non-hydrogen) atoms. The predicted molar refractivity (Wildman–Crippen MR) is 87.8 cm³/mol. The van der Waals surface area contributed by atoms with Crippen LogP contribution in [0.25, 0.3) is 0 Å². The van der Waals surface area contributed by atoms with Crippen LogP contribution < -0.4 is 10.1 Å². The van der Waals surface area contributed by atoms with E-state index in [0.29, 0.717) is 17.7 Å². The van der Waals surface area contributed by atoms with Crippen LogP contribution >= 0.6 is 0 Å². The lowest BCUT2D eigenvalue weighted by molar-refractivity contribution is -0.0498. The van der Waals surface area contributed by atoms with E-state index in [1.54, 1.807) is 24.3 Å². The lowest BCUT2D eigenvalue weighted by Crippen LogP contribution is -2.39. The second kappa shape index (κ2) is 8.96. The minimum absolute atomic E-state index is 0.0360. The first kappa shape index (κ1) is 18.6. The van der Waals surface area contributed by atoms with Gasteiger partial charge in [0.25, 0.3) is 0 Å². The monoisotopic (exact) mass is 352 g/mol. The maximum absolute atomic E-state index is 13.2. The number of carbonyl (C=O) groups is 1. The maximum Gasteiger partial charge on any atom is 0.387 e. The van der Waals surface area contributed by atoms with Gasteiger partial charge in [0.2, 0.25) is 0 Å². The third-order valence-electron chi connectivity index (χ3n) is 3.50. The highest BCUT2D eigenvalue weighted by Gasteiger charge is 2.12. The Morgan fingerprint density at radius 2 is 1.88 bits per heavy atom. The van der Waals surface area contributed by atoms with Crippen LogP contribution in [0, 0.1) is 5.82 Å². The second-order valence-electron chi connectivity index (χ2n) is 5.33. The van der Waals surface area contributed by atoms with Crippen molar-refractivity contribution in [1.82, 2.24) is 10.2 Å². The van der Waals surface area contributed by atoms with Gasteiger partial charge in [0.1, 0.15) is 11.6 Å². The number of urea groups is 1. The Bertz CT molecular complexity index is 710. The zero-order valence-corrected chi connectivity index (χ0v) is 13.7. The van der Waals surface area contributed by atoms with Gasteiger partial charge >= 0.3 is 12.6 Å². The van der Waals surface area contributed by atoms with Gasteiger partial charge in [-0.25, -0.2) is 9.18 Å². The molecular weight excluding hydrogens is 333 g/mol. The SMILES string of the molecule is CCN(Cc1cccc(F)c1)C(=O)NCc1cccc(OC(F)F)c1. The van der Waals surface area contributed by atoms with E-state index in [4.69, 9.17) is 0 Å². The summed E-state index contributed by atoms with van der Waals surface area (Å²) in [5.41, 5.74) is 1.32. The maximum atomic E-state index is 13.2. The summed E-state index contributed by atoms with van der Waals surface area (Å²) >= 11 is 0. The molecule has 0 aliphatic rings. The van der Waals surface area contributed by atoms with Crippen molar-refractivity contribution >= 4 is 6.03 Å². The van der Waals surface area contributed by atoms with Crippen LogP contribution in [0.5, 0.6) is 5.75 Å². The minimum Gasteiger partial charge on any atom is -0.435 e. The fourth-order valence-corrected chi connectivity index (χ4v) is 2.30.